The van der Waals surface area contributed by atoms with Gasteiger partial charge in [-0.25, -0.2) is 4.98 Å². The second kappa shape index (κ2) is 14.8. The highest BCUT2D eigenvalue weighted by atomic mass is 35.5. The lowest BCUT2D eigenvalue weighted by Gasteiger charge is -2.34. The first kappa shape index (κ1) is 41.0. The molecule has 14 rings (SSSR count). The number of para-hydroxylation sites is 2. The molecule has 0 atom stereocenters. The molecule has 0 radical (unpaired) electrons. The molecule has 3 aliphatic carbocycles. The minimum absolute atomic E-state index is 0.226. The molecule has 0 bridgehead atoms. The molecule has 11 aromatic rings. The minimum Gasteiger partial charge on any atom is -0.308 e. The van der Waals surface area contributed by atoms with E-state index in [-0.39, 0.29) is 5.41 Å². The molecule has 1 spiro atoms. The summed E-state index contributed by atoms with van der Waals surface area (Å²) in [5, 5.41) is 2.99. The average Bonchev–Trinajstić information content (AvgIpc) is 4.06. The van der Waals surface area contributed by atoms with Crippen molar-refractivity contribution in [1.82, 2.24) is 9.55 Å². The molecule has 4 heteroatoms. The van der Waals surface area contributed by atoms with Gasteiger partial charge < -0.3 is 4.90 Å². The van der Waals surface area contributed by atoms with Gasteiger partial charge in [-0.1, -0.05) is 189 Å². The number of hydrogen-bond acceptors (Lipinski definition) is 2. The van der Waals surface area contributed by atoms with Gasteiger partial charge in [0.25, 0.3) is 0 Å². The van der Waals surface area contributed by atoms with E-state index in [1.54, 1.807) is 0 Å². The fourth-order valence-electron chi connectivity index (χ4n) is 13.2. The number of imidazole rings is 1. The highest BCUT2D eigenvalue weighted by Crippen LogP contribution is 2.65. The predicted molar refractivity (Wildman–Crippen MR) is 292 cm³/mol. The van der Waals surface area contributed by atoms with Crippen LogP contribution >= 0.6 is 11.6 Å². The van der Waals surface area contributed by atoms with E-state index in [2.05, 4.69) is 244 Å². The summed E-state index contributed by atoms with van der Waals surface area (Å²) < 4.78 is 2.28. The summed E-state index contributed by atoms with van der Waals surface area (Å²) in [6.45, 7) is 11.3. The molecule has 0 aliphatic heterocycles. The maximum absolute atomic E-state index is 8.21. The van der Waals surface area contributed by atoms with Gasteiger partial charge in [0.2, 0.25) is 0 Å². The van der Waals surface area contributed by atoms with E-state index in [9.17, 15) is 0 Å². The second-order valence-corrected chi connectivity index (χ2v) is 20.5. The minimum atomic E-state index is -0.550. The normalized spacial score (nSPS) is 14.1. The lowest BCUT2D eigenvalue weighted by Crippen LogP contribution is -2.26. The zero-order chi connectivity index (χ0) is 47.2. The Balaban J connectivity index is 1.09. The Bertz CT molecular complexity index is 3990. The zero-order valence-corrected chi connectivity index (χ0v) is 40.5. The van der Waals surface area contributed by atoms with Crippen molar-refractivity contribution in [2.75, 3.05) is 4.90 Å². The Morgan fingerprint density at radius 1 is 0.457 bits per heavy atom. The first-order valence-corrected chi connectivity index (χ1v) is 24.8. The van der Waals surface area contributed by atoms with Crippen LogP contribution in [0.1, 0.15) is 63.9 Å². The van der Waals surface area contributed by atoms with Crippen molar-refractivity contribution in [3.8, 4) is 50.5 Å². The van der Waals surface area contributed by atoms with Crippen molar-refractivity contribution in [2.24, 2.45) is 0 Å². The van der Waals surface area contributed by atoms with Crippen LogP contribution < -0.4 is 4.90 Å². The van der Waals surface area contributed by atoms with E-state index in [4.69, 9.17) is 16.6 Å². The van der Waals surface area contributed by atoms with Crippen LogP contribution in [0.25, 0.3) is 72.3 Å². The summed E-state index contributed by atoms with van der Waals surface area (Å²) >= 11 is 8.21. The number of fused-ring (bicyclic) bond motifs is 16. The van der Waals surface area contributed by atoms with Crippen molar-refractivity contribution < 1.29 is 0 Å². The lowest BCUT2D eigenvalue weighted by molar-refractivity contribution is 0.660. The van der Waals surface area contributed by atoms with E-state index >= 15 is 0 Å². The number of anilines is 3. The average molecular weight is 919 g/mol. The van der Waals surface area contributed by atoms with E-state index in [0.717, 1.165) is 50.6 Å². The van der Waals surface area contributed by atoms with Gasteiger partial charge in [-0.3, -0.25) is 4.57 Å². The van der Waals surface area contributed by atoms with Crippen molar-refractivity contribution >= 4 is 50.5 Å². The molecule has 0 saturated heterocycles. The third-order valence-electron chi connectivity index (χ3n) is 15.9. The van der Waals surface area contributed by atoms with Crippen LogP contribution in [0.5, 0.6) is 0 Å². The fraction of sp³-hybridized carbons (Fsp3) is 0.106. The number of aryl methyl sites for hydroxylation is 3. The summed E-state index contributed by atoms with van der Waals surface area (Å²) in [6.07, 6.45) is 0. The monoisotopic (exact) mass is 917 g/mol. The quantitative estimate of drug-likeness (QED) is 0.172. The molecule has 0 fully saturated rings. The summed E-state index contributed by atoms with van der Waals surface area (Å²) in [5.41, 5.74) is 25.3. The number of nitrogens with zero attached hydrogens (tertiary/aromatic N) is 3. The Kier molecular flexibility index (Phi) is 8.65. The summed E-state index contributed by atoms with van der Waals surface area (Å²) in [6, 6.07) is 74.2. The molecule has 0 amide bonds. The third kappa shape index (κ3) is 5.39. The fourth-order valence-corrected chi connectivity index (χ4v) is 13.5. The second-order valence-electron chi connectivity index (χ2n) is 20.1. The highest BCUT2D eigenvalue weighted by Gasteiger charge is 2.52. The Hall–Kier alpha value is -7.98. The van der Waals surface area contributed by atoms with E-state index in [1.165, 1.54) is 88.8 Å². The van der Waals surface area contributed by atoms with Gasteiger partial charge in [-0.05, 0) is 147 Å². The van der Waals surface area contributed by atoms with Gasteiger partial charge in [-0.2, -0.15) is 0 Å². The number of hydrogen-bond donors (Lipinski definition) is 0. The molecule has 334 valence electrons. The van der Waals surface area contributed by atoms with Gasteiger partial charge >= 0.3 is 0 Å². The van der Waals surface area contributed by atoms with Crippen molar-refractivity contribution in [2.45, 2.75) is 45.4 Å². The molecule has 3 aliphatic rings. The number of benzene rings is 10. The van der Waals surface area contributed by atoms with E-state index in [0.29, 0.717) is 5.02 Å². The Morgan fingerprint density at radius 2 is 1.01 bits per heavy atom. The van der Waals surface area contributed by atoms with Crippen LogP contribution in [0, 0.1) is 20.8 Å². The molecule has 70 heavy (non-hydrogen) atoms. The van der Waals surface area contributed by atoms with Crippen molar-refractivity contribution in [3.63, 3.8) is 0 Å². The molecular formula is C66H48ClN3. The lowest BCUT2D eigenvalue weighted by atomic mass is 9.70. The SMILES string of the molecule is Cc1cc(C)c(-c2nc3ccccc3n2-c2cccc(N(c3ccc4c(c3)C(C)(C)c3ccccc3-4)c3cc4c(c5ccccc35)-c3ccccc3C43c4ccccc4-c4ccccc43)c2Cl)c(C)c1. The van der Waals surface area contributed by atoms with Gasteiger partial charge in [0.05, 0.1) is 38.5 Å². The molecule has 1 heterocycles. The van der Waals surface area contributed by atoms with Gasteiger partial charge in [0, 0.05) is 22.1 Å². The van der Waals surface area contributed by atoms with Gasteiger partial charge in [-0.15, -0.1) is 0 Å². The van der Waals surface area contributed by atoms with Gasteiger partial charge in [0.15, 0.2) is 0 Å². The molecule has 3 nitrogen and oxygen atoms in total. The number of aromatic nitrogens is 2. The van der Waals surface area contributed by atoms with Crippen LogP contribution in [0.4, 0.5) is 17.1 Å². The molecule has 0 saturated carbocycles. The Labute approximate surface area is 413 Å². The molecular weight excluding hydrogens is 870 g/mol. The molecule has 1 aromatic heterocycles. The van der Waals surface area contributed by atoms with Crippen LogP contribution in [0.15, 0.2) is 200 Å². The molecule has 10 aromatic carbocycles. The Morgan fingerprint density at radius 3 is 1.71 bits per heavy atom. The van der Waals surface area contributed by atoms with Crippen LogP contribution in [-0.4, -0.2) is 9.55 Å². The van der Waals surface area contributed by atoms with E-state index in [1.807, 2.05) is 0 Å². The third-order valence-corrected chi connectivity index (χ3v) is 16.3. The molecule has 0 N–H and O–H groups in total. The largest absolute Gasteiger partial charge is 0.308 e. The van der Waals surface area contributed by atoms with Crippen molar-refractivity contribution in [3.05, 3.63) is 255 Å². The molecule has 0 unspecified atom stereocenters. The maximum Gasteiger partial charge on any atom is 0.146 e. The first-order chi connectivity index (χ1) is 34.2. The summed E-state index contributed by atoms with van der Waals surface area (Å²) in [5.74, 6) is 0.875. The van der Waals surface area contributed by atoms with Gasteiger partial charge in [0.1, 0.15) is 5.82 Å². The van der Waals surface area contributed by atoms with Crippen LogP contribution in [-0.2, 0) is 10.8 Å². The van der Waals surface area contributed by atoms with Crippen LogP contribution in [0.2, 0.25) is 5.02 Å². The predicted octanol–water partition coefficient (Wildman–Crippen LogP) is 17.5. The smallest absolute Gasteiger partial charge is 0.146 e. The summed E-state index contributed by atoms with van der Waals surface area (Å²) in [7, 11) is 0. The maximum atomic E-state index is 8.21. The van der Waals surface area contributed by atoms with Crippen LogP contribution in [0.3, 0.4) is 0 Å². The topological polar surface area (TPSA) is 21.1 Å². The van der Waals surface area contributed by atoms with Crippen molar-refractivity contribution in [1.29, 1.82) is 0 Å². The highest BCUT2D eigenvalue weighted by molar-refractivity contribution is 6.36. The summed E-state index contributed by atoms with van der Waals surface area (Å²) in [4.78, 5) is 7.84. The zero-order valence-electron chi connectivity index (χ0n) is 39.8. The van der Waals surface area contributed by atoms with E-state index < -0.39 is 5.41 Å². The number of rotatable bonds is 5. The standard InChI is InChI=1S/C66H48ClN3/c1-39-35-40(2)61(41(3)36-39)64-68-56-29-16-17-30-57(56)70(64)59-32-18-31-58(63(59)67)69(42-33-34-46-43-19-8-12-25-50(43)65(4,5)54(46)37-42)60-38-55-62(48-23-7-6-22-47(48)60)49-24-11-15-28-53(49)66(55)51-26-13-9-20-44(51)45-21-10-14-27-52(45)66/h6-38H,1-5H3. The first-order valence-electron chi connectivity index (χ1n) is 24.4. The number of halogens is 1.